The molecule has 16 heavy (non-hydrogen) atoms. The van der Waals surface area contributed by atoms with Crippen LogP contribution in [-0.2, 0) is 4.79 Å². The first-order chi connectivity index (χ1) is 7.40. The lowest BCUT2D eigenvalue weighted by molar-refractivity contribution is -0.161. The van der Waals surface area contributed by atoms with E-state index in [0.29, 0.717) is 25.1 Å². The van der Waals surface area contributed by atoms with E-state index >= 15 is 0 Å². The molecule has 0 bridgehead atoms. The summed E-state index contributed by atoms with van der Waals surface area (Å²) in [5.74, 6) is -0.00959. The second kappa shape index (κ2) is 7.76. The lowest BCUT2D eigenvalue weighted by atomic mass is 10.2. The van der Waals surface area contributed by atoms with Crippen LogP contribution in [0.5, 0.6) is 0 Å². The maximum Gasteiger partial charge on any atom is 0.406 e. The van der Waals surface area contributed by atoms with Gasteiger partial charge in [0.05, 0.1) is 0 Å². The molecular formula is C10H17ClF3NO. The van der Waals surface area contributed by atoms with Crippen molar-refractivity contribution >= 4 is 17.5 Å². The fraction of sp³-hybridized carbons (Fsp3) is 0.900. The lowest BCUT2D eigenvalue weighted by Crippen LogP contribution is -2.39. The zero-order valence-corrected chi connectivity index (χ0v) is 10.1. The van der Waals surface area contributed by atoms with Gasteiger partial charge in [0, 0.05) is 18.8 Å². The van der Waals surface area contributed by atoms with E-state index in [9.17, 15) is 18.0 Å². The molecule has 0 aromatic heterocycles. The summed E-state index contributed by atoms with van der Waals surface area (Å²) in [6.45, 7) is 0.745. The number of alkyl halides is 4. The van der Waals surface area contributed by atoms with Crippen LogP contribution in [0.25, 0.3) is 0 Å². The summed E-state index contributed by atoms with van der Waals surface area (Å²) in [5.41, 5.74) is 0. The molecular weight excluding hydrogens is 243 g/mol. The molecule has 0 rings (SSSR count). The smallest absolute Gasteiger partial charge is 0.334 e. The molecule has 0 aliphatic heterocycles. The van der Waals surface area contributed by atoms with Gasteiger partial charge in [-0.15, -0.1) is 11.6 Å². The number of halogens is 4. The number of amides is 1. The number of unbranched alkanes of at least 4 members (excludes halogenated alkanes) is 1. The molecule has 0 radical (unpaired) electrons. The molecule has 2 nitrogen and oxygen atoms in total. The second-order valence-electron chi connectivity index (χ2n) is 3.58. The van der Waals surface area contributed by atoms with E-state index in [1.165, 1.54) is 0 Å². The third-order valence-electron chi connectivity index (χ3n) is 1.99. The summed E-state index contributed by atoms with van der Waals surface area (Å²) in [4.78, 5) is 12.3. The molecule has 0 unspecified atom stereocenters. The van der Waals surface area contributed by atoms with E-state index in [-0.39, 0.29) is 13.0 Å². The predicted molar refractivity (Wildman–Crippen MR) is 57.5 cm³/mol. The highest BCUT2D eigenvalue weighted by molar-refractivity contribution is 6.17. The average Bonchev–Trinajstić information content (AvgIpc) is 2.15. The first kappa shape index (κ1) is 15.6. The van der Waals surface area contributed by atoms with Gasteiger partial charge in [-0.3, -0.25) is 4.79 Å². The molecule has 1 amide bonds. The molecule has 0 saturated carbocycles. The third-order valence-corrected chi connectivity index (χ3v) is 2.26. The van der Waals surface area contributed by atoms with Crippen molar-refractivity contribution in [2.24, 2.45) is 0 Å². The average molecular weight is 260 g/mol. The van der Waals surface area contributed by atoms with Crippen molar-refractivity contribution in [2.45, 2.75) is 38.8 Å². The zero-order chi connectivity index (χ0) is 12.6. The van der Waals surface area contributed by atoms with Gasteiger partial charge >= 0.3 is 6.18 Å². The van der Waals surface area contributed by atoms with Crippen LogP contribution in [0.15, 0.2) is 0 Å². The van der Waals surface area contributed by atoms with Crippen LogP contribution in [0.3, 0.4) is 0 Å². The van der Waals surface area contributed by atoms with Crippen molar-refractivity contribution < 1.29 is 18.0 Å². The highest BCUT2D eigenvalue weighted by Crippen LogP contribution is 2.17. The minimum Gasteiger partial charge on any atom is -0.334 e. The second-order valence-corrected chi connectivity index (χ2v) is 3.95. The van der Waals surface area contributed by atoms with Crippen molar-refractivity contribution in [3.63, 3.8) is 0 Å². The van der Waals surface area contributed by atoms with E-state index in [1.54, 1.807) is 6.92 Å². The van der Waals surface area contributed by atoms with Gasteiger partial charge in [-0.2, -0.15) is 13.2 Å². The standard InChI is InChI=1S/C10H17ClF3NO/c1-2-7-15(8-10(12,13)14)9(16)5-3-4-6-11/h2-8H2,1H3. The van der Waals surface area contributed by atoms with E-state index in [4.69, 9.17) is 11.6 Å². The van der Waals surface area contributed by atoms with Gasteiger partial charge in [0.15, 0.2) is 0 Å². The van der Waals surface area contributed by atoms with Crippen molar-refractivity contribution in [1.82, 2.24) is 4.90 Å². The molecule has 0 aromatic rings. The minimum atomic E-state index is -4.32. The Hall–Kier alpha value is -0.450. The van der Waals surface area contributed by atoms with Gasteiger partial charge in [-0.1, -0.05) is 6.92 Å². The van der Waals surface area contributed by atoms with Gasteiger partial charge in [-0.05, 0) is 19.3 Å². The number of nitrogens with zero attached hydrogens (tertiary/aromatic N) is 1. The highest BCUT2D eigenvalue weighted by Gasteiger charge is 2.32. The summed E-state index contributed by atoms with van der Waals surface area (Å²) in [7, 11) is 0. The summed E-state index contributed by atoms with van der Waals surface area (Å²) < 4.78 is 36.5. The van der Waals surface area contributed by atoms with Crippen LogP contribution in [0.2, 0.25) is 0 Å². The summed E-state index contributed by atoms with van der Waals surface area (Å²) >= 11 is 5.43. The van der Waals surface area contributed by atoms with E-state index in [1.807, 2.05) is 0 Å². The maximum atomic E-state index is 12.2. The normalized spacial score (nSPS) is 11.6. The topological polar surface area (TPSA) is 20.3 Å². The molecule has 0 saturated heterocycles. The number of carbonyl (C=O) groups is 1. The van der Waals surface area contributed by atoms with E-state index < -0.39 is 18.6 Å². The quantitative estimate of drug-likeness (QED) is 0.508. The molecule has 0 N–H and O–H groups in total. The van der Waals surface area contributed by atoms with Crippen LogP contribution in [0, 0.1) is 0 Å². The molecule has 96 valence electrons. The fourth-order valence-corrected chi connectivity index (χ4v) is 1.50. The molecule has 0 atom stereocenters. The number of hydrogen-bond donors (Lipinski definition) is 0. The number of carbonyl (C=O) groups excluding carboxylic acids is 1. The summed E-state index contributed by atoms with van der Waals surface area (Å²) in [6, 6.07) is 0. The van der Waals surface area contributed by atoms with Crippen LogP contribution in [-0.4, -0.2) is 36.0 Å². The molecule has 0 aromatic carbocycles. The third kappa shape index (κ3) is 7.79. The van der Waals surface area contributed by atoms with Gasteiger partial charge in [0.25, 0.3) is 0 Å². The fourth-order valence-electron chi connectivity index (χ4n) is 1.31. The van der Waals surface area contributed by atoms with E-state index in [2.05, 4.69) is 0 Å². The molecule has 0 heterocycles. The lowest BCUT2D eigenvalue weighted by Gasteiger charge is -2.23. The first-order valence-corrected chi connectivity index (χ1v) is 5.84. The van der Waals surface area contributed by atoms with Gasteiger partial charge in [-0.25, -0.2) is 0 Å². The Morgan fingerprint density at radius 3 is 2.38 bits per heavy atom. The highest BCUT2D eigenvalue weighted by atomic mass is 35.5. The van der Waals surface area contributed by atoms with Crippen LogP contribution in [0.4, 0.5) is 13.2 Å². The Morgan fingerprint density at radius 1 is 1.31 bits per heavy atom. The van der Waals surface area contributed by atoms with Crippen molar-refractivity contribution in [3.05, 3.63) is 0 Å². The number of hydrogen-bond acceptors (Lipinski definition) is 1. The first-order valence-electron chi connectivity index (χ1n) is 5.31. The van der Waals surface area contributed by atoms with Gasteiger partial charge in [0.1, 0.15) is 6.54 Å². The van der Waals surface area contributed by atoms with Gasteiger partial charge in [0.2, 0.25) is 5.91 Å². The zero-order valence-electron chi connectivity index (χ0n) is 9.32. The Morgan fingerprint density at radius 2 is 1.94 bits per heavy atom. The predicted octanol–water partition coefficient (Wildman–Crippen LogP) is 3.20. The Bertz CT molecular complexity index is 209. The van der Waals surface area contributed by atoms with Crippen molar-refractivity contribution in [2.75, 3.05) is 19.0 Å². The molecule has 0 fully saturated rings. The monoisotopic (exact) mass is 259 g/mol. The molecule has 6 heteroatoms. The maximum absolute atomic E-state index is 12.2. The molecule has 0 spiro atoms. The van der Waals surface area contributed by atoms with E-state index in [0.717, 1.165) is 4.90 Å². The molecule has 0 aliphatic rings. The van der Waals surface area contributed by atoms with Crippen molar-refractivity contribution in [3.8, 4) is 0 Å². The Labute approximate surface area is 98.7 Å². The largest absolute Gasteiger partial charge is 0.406 e. The van der Waals surface area contributed by atoms with Crippen LogP contribution < -0.4 is 0 Å². The summed E-state index contributed by atoms with van der Waals surface area (Å²) in [6.07, 6.45) is -2.46. The van der Waals surface area contributed by atoms with Crippen molar-refractivity contribution in [1.29, 1.82) is 0 Å². The van der Waals surface area contributed by atoms with Gasteiger partial charge < -0.3 is 4.90 Å². The Balaban J connectivity index is 4.13. The Kier molecular flexibility index (Phi) is 7.55. The molecule has 0 aliphatic carbocycles. The SMILES string of the molecule is CCCN(CC(F)(F)F)C(=O)CCCCCl. The van der Waals surface area contributed by atoms with Crippen LogP contribution in [0.1, 0.15) is 32.6 Å². The van der Waals surface area contributed by atoms with Crippen LogP contribution >= 0.6 is 11.6 Å². The number of rotatable bonds is 7. The minimum absolute atomic E-state index is 0.142. The summed E-state index contributed by atoms with van der Waals surface area (Å²) in [5, 5.41) is 0.